The first kappa shape index (κ1) is 17.3. The Kier molecular flexibility index (Phi) is 4.60. The van der Waals surface area contributed by atoms with Crippen LogP contribution in [0.15, 0.2) is 34.1 Å². The molecular formula is C17H17Cl2N5O2. The summed E-state index contributed by atoms with van der Waals surface area (Å²) >= 11 is 12.4. The second-order valence-corrected chi connectivity index (χ2v) is 6.99. The molecule has 7 nitrogen and oxygen atoms in total. The topological polar surface area (TPSA) is 71.8 Å². The Hall–Kier alpha value is -2.09. The van der Waals surface area contributed by atoms with Gasteiger partial charge in [-0.1, -0.05) is 29.3 Å². The van der Waals surface area contributed by atoms with E-state index in [1.807, 2.05) is 0 Å². The summed E-state index contributed by atoms with van der Waals surface area (Å²) < 4.78 is 6.92. The zero-order valence-electron chi connectivity index (χ0n) is 14.1. The Balaban J connectivity index is 1.86. The van der Waals surface area contributed by atoms with Crippen LogP contribution in [0.2, 0.25) is 10.0 Å². The van der Waals surface area contributed by atoms with Crippen LogP contribution in [0.4, 0.5) is 5.95 Å². The molecule has 4 rings (SSSR count). The number of morpholine rings is 1. The first-order chi connectivity index (χ1) is 12.5. The lowest BCUT2D eigenvalue weighted by atomic mass is 10.1. The molecule has 1 N–H and O–H groups in total. The molecule has 0 bridgehead atoms. The van der Waals surface area contributed by atoms with Crippen LogP contribution in [-0.4, -0.2) is 46.7 Å². The number of aliphatic imine (C=N–C) groups is 1. The number of benzene rings is 1. The Bertz CT molecular complexity index is 937. The molecule has 2 aromatic rings. The zero-order valence-corrected chi connectivity index (χ0v) is 15.6. The van der Waals surface area contributed by atoms with Gasteiger partial charge in [0.2, 0.25) is 11.9 Å². The van der Waals surface area contributed by atoms with Gasteiger partial charge in [0.1, 0.15) is 0 Å². The fourth-order valence-electron chi connectivity index (χ4n) is 3.09. The highest BCUT2D eigenvalue weighted by Gasteiger charge is 2.29. The zero-order chi connectivity index (χ0) is 18.3. The SMILES string of the molecule is Cc1cc(=O)n2c(n1)NC(N1CCOCC1)=N[C@@H]2c1ccc(Cl)cc1Cl. The van der Waals surface area contributed by atoms with Crippen molar-refractivity contribution >= 4 is 35.1 Å². The molecule has 3 heterocycles. The normalized spacial score (nSPS) is 19.6. The molecule has 2 aliphatic heterocycles. The van der Waals surface area contributed by atoms with Gasteiger partial charge in [0.25, 0.3) is 5.56 Å². The summed E-state index contributed by atoms with van der Waals surface area (Å²) in [5, 5.41) is 4.16. The largest absolute Gasteiger partial charge is 0.378 e. The van der Waals surface area contributed by atoms with Crippen molar-refractivity contribution in [2.24, 2.45) is 4.99 Å². The second-order valence-electron chi connectivity index (χ2n) is 6.15. The van der Waals surface area contributed by atoms with Gasteiger partial charge in [0, 0.05) is 40.5 Å². The Morgan fingerprint density at radius 2 is 2.00 bits per heavy atom. The lowest BCUT2D eigenvalue weighted by Gasteiger charge is -2.34. The van der Waals surface area contributed by atoms with Gasteiger partial charge in [-0.05, 0) is 19.1 Å². The molecule has 0 radical (unpaired) electrons. The number of hydrogen-bond donors (Lipinski definition) is 1. The van der Waals surface area contributed by atoms with Crippen molar-refractivity contribution in [3.05, 3.63) is 55.9 Å². The summed E-state index contributed by atoms with van der Waals surface area (Å²) in [6, 6.07) is 6.66. The van der Waals surface area contributed by atoms with Gasteiger partial charge in [0.05, 0.1) is 13.2 Å². The van der Waals surface area contributed by atoms with Crippen LogP contribution in [0, 0.1) is 6.92 Å². The quantitative estimate of drug-likeness (QED) is 0.805. The molecule has 1 saturated heterocycles. The van der Waals surface area contributed by atoms with Crippen molar-refractivity contribution in [3.63, 3.8) is 0 Å². The fraction of sp³-hybridized carbons (Fsp3) is 0.353. The highest BCUT2D eigenvalue weighted by Crippen LogP contribution is 2.32. The van der Waals surface area contributed by atoms with E-state index < -0.39 is 6.17 Å². The van der Waals surface area contributed by atoms with E-state index in [0.29, 0.717) is 59.5 Å². The highest BCUT2D eigenvalue weighted by molar-refractivity contribution is 6.35. The van der Waals surface area contributed by atoms with Crippen molar-refractivity contribution in [1.82, 2.24) is 14.5 Å². The third-order valence-corrected chi connectivity index (χ3v) is 4.91. The molecule has 1 aromatic carbocycles. The van der Waals surface area contributed by atoms with Crippen LogP contribution in [0.5, 0.6) is 0 Å². The summed E-state index contributed by atoms with van der Waals surface area (Å²) in [4.78, 5) is 24.0. The minimum Gasteiger partial charge on any atom is -0.378 e. The van der Waals surface area contributed by atoms with Gasteiger partial charge in [-0.2, -0.15) is 0 Å². The number of aryl methyl sites for hydroxylation is 1. The minimum absolute atomic E-state index is 0.194. The standard InChI is InChI=1S/C17H17Cl2N5O2/c1-10-8-14(25)24-15(12-3-2-11(18)9-13(12)19)21-16(22-17(24)20-10)23-4-6-26-7-5-23/h2-3,8-9,15H,4-7H2,1H3,(H,20,21,22)/t15-/m0/s1. The fourth-order valence-corrected chi connectivity index (χ4v) is 3.60. The van der Waals surface area contributed by atoms with E-state index in [9.17, 15) is 4.79 Å². The summed E-state index contributed by atoms with van der Waals surface area (Å²) in [5.74, 6) is 1.10. The summed E-state index contributed by atoms with van der Waals surface area (Å²) in [6.45, 7) is 4.46. The number of nitrogens with one attached hydrogen (secondary N) is 1. The second kappa shape index (κ2) is 6.90. The molecule has 9 heteroatoms. The number of hydrogen-bond acceptors (Lipinski definition) is 6. The highest BCUT2D eigenvalue weighted by atomic mass is 35.5. The molecule has 0 amide bonds. The molecular weight excluding hydrogens is 377 g/mol. The Labute approximate surface area is 160 Å². The molecule has 0 unspecified atom stereocenters. The average Bonchev–Trinajstić information content (AvgIpc) is 2.61. The van der Waals surface area contributed by atoms with Crippen molar-refractivity contribution in [3.8, 4) is 0 Å². The first-order valence-electron chi connectivity index (χ1n) is 8.25. The van der Waals surface area contributed by atoms with Crippen LogP contribution in [0.3, 0.4) is 0 Å². The molecule has 0 spiro atoms. The Morgan fingerprint density at radius 1 is 1.23 bits per heavy atom. The summed E-state index contributed by atoms with van der Waals surface area (Å²) in [6.07, 6.45) is -0.616. The van der Waals surface area contributed by atoms with Crippen LogP contribution < -0.4 is 10.9 Å². The number of guanidine groups is 1. The van der Waals surface area contributed by atoms with Gasteiger partial charge in [-0.15, -0.1) is 0 Å². The van der Waals surface area contributed by atoms with Crippen molar-refractivity contribution < 1.29 is 4.74 Å². The van der Waals surface area contributed by atoms with Crippen molar-refractivity contribution in [1.29, 1.82) is 0 Å². The lowest BCUT2D eigenvalue weighted by Crippen LogP contribution is -2.47. The summed E-state index contributed by atoms with van der Waals surface area (Å²) in [7, 11) is 0. The summed E-state index contributed by atoms with van der Waals surface area (Å²) in [5.41, 5.74) is 1.14. The van der Waals surface area contributed by atoms with Gasteiger partial charge < -0.3 is 9.64 Å². The lowest BCUT2D eigenvalue weighted by molar-refractivity contribution is 0.0675. The Morgan fingerprint density at radius 3 is 2.73 bits per heavy atom. The smallest absolute Gasteiger partial charge is 0.257 e. The number of anilines is 1. The van der Waals surface area contributed by atoms with E-state index in [-0.39, 0.29) is 5.56 Å². The third kappa shape index (κ3) is 3.18. The molecule has 2 aliphatic rings. The van der Waals surface area contributed by atoms with E-state index in [4.69, 9.17) is 32.9 Å². The monoisotopic (exact) mass is 393 g/mol. The number of ether oxygens (including phenoxy) is 1. The van der Waals surface area contributed by atoms with E-state index in [0.717, 1.165) is 0 Å². The van der Waals surface area contributed by atoms with Gasteiger partial charge in [-0.25, -0.2) is 9.98 Å². The molecule has 1 aromatic heterocycles. The molecule has 26 heavy (non-hydrogen) atoms. The molecule has 136 valence electrons. The molecule has 0 aliphatic carbocycles. The maximum Gasteiger partial charge on any atom is 0.257 e. The maximum absolute atomic E-state index is 12.6. The third-order valence-electron chi connectivity index (χ3n) is 4.34. The number of aromatic nitrogens is 2. The minimum atomic E-state index is -0.616. The number of fused-ring (bicyclic) bond motifs is 1. The van der Waals surface area contributed by atoms with E-state index in [1.165, 1.54) is 10.6 Å². The molecule has 0 saturated carbocycles. The van der Waals surface area contributed by atoms with Gasteiger partial charge in [-0.3, -0.25) is 14.7 Å². The predicted molar refractivity (Wildman–Crippen MR) is 101 cm³/mol. The number of rotatable bonds is 1. The van der Waals surface area contributed by atoms with Crippen molar-refractivity contribution in [2.75, 3.05) is 31.6 Å². The van der Waals surface area contributed by atoms with Crippen LogP contribution in [-0.2, 0) is 4.74 Å². The van der Waals surface area contributed by atoms with Gasteiger partial charge >= 0.3 is 0 Å². The van der Waals surface area contributed by atoms with Crippen LogP contribution in [0.1, 0.15) is 17.4 Å². The van der Waals surface area contributed by atoms with Crippen LogP contribution >= 0.6 is 23.2 Å². The van der Waals surface area contributed by atoms with E-state index >= 15 is 0 Å². The van der Waals surface area contributed by atoms with E-state index in [1.54, 1.807) is 25.1 Å². The van der Waals surface area contributed by atoms with Gasteiger partial charge in [0.15, 0.2) is 6.17 Å². The predicted octanol–water partition coefficient (Wildman–Crippen LogP) is 2.52. The first-order valence-corrected chi connectivity index (χ1v) is 9.01. The van der Waals surface area contributed by atoms with Crippen LogP contribution in [0.25, 0.3) is 0 Å². The molecule has 1 fully saturated rings. The number of halogens is 2. The molecule has 1 atom stereocenters. The number of nitrogens with zero attached hydrogens (tertiary/aromatic N) is 4. The van der Waals surface area contributed by atoms with Crippen molar-refractivity contribution in [2.45, 2.75) is 13.1 Å². The maximum atomic E-state index is 12.6. The average molecular weight is 394 g/mol. The van der Waals surface area contributed by atoms with E-state index in [2.05, 4.69) is 15.2 Å².